The summed E-state index contributed by atoms with van der Waals surface area (Å²) in [5.41, 5.74) is 3.66. The van der Waals surface area contributed by atoms with Crippen molar-refractivity contribution >= 4 is 17.8 Å². The van der Waals surface area contributed by atoms with E-state index >= 15 is 0 Å². The highest BCUT2D eigenvalue weighted by atomic mass is 16.4. The van der Waals surface area contributed by atoms with E-state index in [1.54, 1.807) is 11.9 Å². The highest BCUT2D eigenvalue weighted by molar-refractivity contribution is 5.87. The molecular weight excluding hydrogens is 334 g/mol. The van der Waals surface area contributed by atoms with Gasteiger partial charge in [-0.05, 0) is 44.4 Å². The van der Waals surface area contributed by atoms with Crippen LogP contribution in [0.25, 0.3) is 0 Å². The maximum Gasteiger partial charge on any atom is 0.303 e. The van der Waals surface area contributed by atoms with E-state index in [0.29, 0.717) is 25.9 Å². The summed E-state index contributed by atoms with van der Waals surface area (Å²) in [7, 11) is 1.65. The summed E-state index contributed by atoms with van der Waals surface area (Å²) in [6.45, 7) is 3.23. The standard InChI is InChI=1S/C19H27N3O4/c1-13-6-7-15-12-22(9-8-14(15)10-13)17(23)11-21-19(26)16(20-2)4-3-5-18(24)25/h6-7,10,16,20H,3-5,8-9,11-12H2,1-2H3,(H,21,26)(H,24,25). The number of nitrogens with zero attached hydrogens (tertiary/aromatic N) is 1. The lowest BCUT2D eigenvalue weighted by molar-refractivity contribution is -0.137. The fraction of sp³-hybridized carbons (Fsp3) is 0.526. The maximum atomic E-state index is 12.4. The van der Waals surface area contributed by atoms with Crippen molar-refractivity contribution in [3.8, 4) is 0 Å². The number of carbonyl (C=O) groups is 3. The Morgan fingerprint density at radius 1 is 1.27 bits per heavy atom. The number of carbonyl (C=O) groups excluding carboxylic acids is 2. The zero-order valence-electron chi connectivity index (χ0n) is 15.4. The topological polar surface area (TPSA) is 98.7 Å². The molecule has 2 rings (SSSR count). The average Bonchev–Trinajstić information content (AvgIpc) is 2.62. The van der Waals surface area contributed by atoms with Gasteiger partial charge in [0, 0.05) is 19.5 Å². The molecule has 1 atom stereocenters. The highest BCUT2D eigenvalue weighted by Crippen LogP contribution is 2.20. The Morgan fingerprint density at radius 3 is 2.73 bits per heavy atom. The van der Waals surface area contributed by atoms with Crippen LogP contribution >= 0.6 is 0 Å². The highest BCUT2D eigenvalue weighted by Gasteiger charge is 2.22. The number of rotatable bonds is 8. The maximum absolute atomic E-state index is 12.4. The molecule has 1 heterocycles. The molecular formula is C19H27N3O4. The zero-order chi connectivity index (χ0) is 19.1. The number of likely N-dealkylation sites (N-methyl/N-ethyl adjacent to an activating group) is 1. The Balaban J connectivity index is 1.81. The molecule has 0 radical (unpaired) electrons. The Kier molecular flexibility index (Phi) is 7.15. The Bertz CT molecular complexity index is 675. The van der Waals surface area contributed by atoms with Crippen LogP contribution in [-0.4, -0.2) is 54.0 Å². The third kappa shape index (κ3) is 5.56. The van der Waals surface area contributed by atoms with Crippen molar-refractivity contribution in [3.63, 3.8) is 0 Å². The number of benzene rings is 1. The summed E-state index contributed by atoms with van der Waals surface area (Å²) in [5.74, 6) is -1.26. The van der Waals surface area contributed by atoms with E-state index in [0.717, 1.165) is 12.0 Å². The molecule has 1 aliphatic rings. The van der Waals surface area contributed by atoms with Crippen LogP contribution in [0.3, 0.4) is 0 Å². The summed E-state index contributed by atoms with van der Waals surface area (Å²) < 4.78 is 0. The second-order valence-corrected chi connectivity index (χ2v) is 6.68. The van der Waals surface area contributed by atoms with Crippen molar-refractivity contribution in [2.75, 3.05) is 20.1 Å². The first-order valence-electron chi connectivity index (χ1n) is 8.93. The van der Waals surface area contributed by atoms with Crippen LogP contribution in [0, 0.1) is 6.92 Å². The molecule has 0 bridgehead atoms. The second-order valence-electron chi connectivity index (χ2n) is 6.68. The van der Waals surface area contributed by atoms with Crippen LogP contribution in [-0.2, 0) is 27.3 Å². The largest absolute Gasteiger partial charge is 0.481 e. The molecule has 1 aliphatic heterocycles. The summed E-state index contributed by atoms with van der Waals surface area (Å²) in [6, 6.07) is 5.77. The van der Waals surface area contributed by atoms with Gasteiger partial charge < -0.3 is 20.6 Å². The molecule has 0 fully saturated rings. The molecule has 1 unspecified atom stereocenters. The smallest absolute Gasteiger partial charge is 0.303 e. The van der Waals surface area contributed by atoms with Gasteiger partial charge in [0.15, 0.2) is 0 Å². The van der Waals surface area contributed by atoms with Crippen LogP contribution in [0.1, 0.15) is 36.0 Å². The van der Waals surface area contributed by atoms with E-state index in [2.05, 4.69) is 29.7 Å². The fourth-order valence-electron chi connectivity index (χ4n) is 3.16. The van der Waals surface area contributed by atoms with Gasteiger partial charge in [-0.2, -0.15) is 0 Å². The molecule has 2 amide bonds. The van der Waals surface area contributed by atoms with Crippen molar-refractivity contribution in [1.29, 1.82) is 0 Å². The van der Waals surface area contributed by atoms with E-state index in [9.17, 15) is 14.4 Å². The lowest BCUT2D eigenvalue weighted by Gasteiger charge is -2.29. The molecule has 0 saturated carbocycles. The van der Waals surface area contributed by atoms with Gasteiger partial charge in [-0.15, -0.1) is 0 Å². The van der Waals surface area contributed by atoms with Gasteiger partial charge in [0.05, 0.1) is 12.6 Å². The normalized spacial score (nSPS) is 14.5. The molecule has 142 valence electrons. The van der Waals surface area contributed by atoms with Gasteiger partial charge in [-0.1, -0.05) is 23.8 Å². The number of fused-ring (bicyclic) bond motifs is 1. The molecule has 1 aromatic carbocycles. The summed E-state index contributed by atoms with van der Waals surface area (Å²) in [5, 5.41) is 14.2. The molecule has 1 aromatic rings. The SMILES string of the molecule is CNC(CCCC(=O)O)C(=O)NCC(=O)N1CCc2cc(C)ccc2C1. The monoisotopic (exact) mass is 361 g/mol. The Labute approximate surface area is 153 Å². The molecule has 0 spiro atoms. The van der Waals surface area contributed by atoms with Crippen molar-refractivity contribution in [2.45, 2.75) is 45.2 Å². The van der Waals surface area contributed by atoms with Crippen LogP contribution in [0.2, 0.25) is 0 Å². The molecule has 0 aliphatic carbocycles. The Morgan fingerprint density at radius 2 is 2.04 bits per heavy atom. The molecule has 0 saturated heterocycles. The van der Waals surface area contributed by atoms with Gasteiger partial charge in [0.1, 0.15) is 0 Å². The van der Waals surface area contributed by atoms with Crippen molar-refractivity contribution in [1.82, 2.24) is 15.5 Å². The van der Waals surface area contributed by atoms with E-state index < -0.39 is 12.0 Å². The first kappa shape index (κ1) is 19.9. The summed E-state index contributed by atoms with van der Waals surface area (Å²) >= 11 is 0. The number of hydrogen-bond acceptors (Lipinski definition) is 4. The van der Waals surface area contributed by atoms with Crippen molar-refractivity contribution < 1.29 is 19.5 Å². The van der Waals surface area contributed by atoms with Crippen LogP contribution in [0.15, 0.2) is 18.2 Å². The predicted octanol–water partition coefficient (Wildman–Crippen LogP) is 0.839. The van der Waals surface area contributed by atoms with E-state index in [1.165, 1.54) is 11.1 Å². The van der Waals surface area contributed by atoms with Crippen molar-refractivity contribution in [2.24, 2.45) is 0 Å². The number of carboxylic acid groups (broad SMARTS) is 1. The number of aryl methyl sites for hydroxylation is 1. The Hall–Kier alpha value is -2.41. The quantitative estimate of drug-likeness (QED) is 0.637. The lowest BCUT2D eigenvalue weighted by atomic mass is 9.97. The third-order valence-electron chi connectivity index (χ3n) is 4.69. The van der Waals surface area contributed by atoms with Gasteiger partial charge in [-0.25, -0.2) is 0 Å². The average molecular weight is 361 g/mol. The van der Waals surface area contributed by atoms with Gasteiger partial charge in [0.25, 0.3) is 0 Å². The van der Waals surface area contributed by atoms with Crippen LogP contribution in [0.4, 0.5) is 0 Å². The molecule has 3 N–H and O–H groups in total. The molecule has 26 heavy (non-hydrogen) atoms. The first-order valence-corrected chi connectivity index (χ1v) is 8.93. The minimum Gasteiger partial charge on any atom is -0.481 e. The summed E-state index contributed by atoms with van der Waals surface area (Å²) in [4.78, 5) is 36.9. The number of aliphatic carboxylic acids is 1. The van der Waals surface area contributed by atoms with E-state index in [-0.39, 0.29) is 24.8 Å². The van der Waals surface area contributed by atoms with Crippen LogP contribution in [0.5, 0.6) is 0 Å². The zero-order valence-corrected chi connectivity index (χ0v) is 15.4. The van der Waals surface area contributed by atoms with Crippen molar-refractivity contribution in [3.05, 3.63) is 34.9 Å². The third-order valence-corrected chi connectivity index (χ3v) is 4.69. The summed E-state index contributed by atoms with van der Waals surface area (Å²) in [6.07, 6.45) is 1.67. The predicted molar refractivity (Wildman–Crippen MR) is 97.6 cm³/mol. The van der Waals surface area contributed by atoms with E-state index in [4.69, 9.17) is 5.11 Å². The number of nitrogens with one attached hydrogen (secondary N) is 2. The lowest BCUT2D eigenvalue weighted by Crippen LogP contribution is -2.47. The minimum atomic E-state index is -0.879. The van der Waals surface area contributed by atoms with Gasteiger partial charge in [0.2, 0.25) is 11.8 Å². The first-order chi connectivity index (χ1) is 12.4. The van der Waals surface area contributed by atoms with Crippen LogP contribution < -0.4 is 10.6 Å². The number of carboxylic acids is 1. The molecule has 0 aromatic heterocycles. The molecule has 7 heteroatoms. The van der Waals surface area contributed by atoms with Gasteiger partial charge in [-0.3, -0.25) is 14.4 Å². The molecule has 7 nitrogen and oxygen atoms in total. The van der Waals surface area contributed by atoms with Gasteiger partial charge >= 0.3 is 5.97 Å². The van der Waals surface area contributed by atoms with E-state index in [1.807, 2.05) is 6.07 Å². The number of amides is 2. The minimum absolute atomic E-state index is 0.0249. The fourth-order valence-corrected chi connectivity index (χ4v) is 3.16. The number of hydrogen-bond donors (Lipinski definition) is 3. The second kappa shape index (κ2) is 9.33.